The Labute approximate surface area is 142 Å². The van der Waals surface area contributed by atoms with E-state index in [0.29, 0.717) is 18.1 Å². The minimum Gasteiger partial charge on any atom is -0.492 e. The van der Waals surface area contributed by atoms with Crippen molar-refractivity contribution in [3.63, 3.8) is 0 Å². The number of rotatable bonds is 5. The molecule has 0 N–H and O–H groups in total. The molecule has 2 heterocycles. The Bertz CT molecular complexity index is 915. The fourth-order valence-electron chi connectivity index (χ4n) is 2.21. The molecule has 24 heavy (non-hydrogen) atoms. The smallest absolute Gasteiger partial charge is 0.271 e. The van der Waals surface area contributed by atoms with Crippen LogP contribution in [0.2, 0.25) is 0 Å². The molecular formula is C17H17N3O3S. The minimum absolute atomic E-state index is 0.0590. The van der Waals surface area contributed by atoms with Crippen molar-refractivity contribution in [3.8, 4) is 5.75 Å². The van der Waals surface area contributed by atoms with Crippen LogP contribution in [0.5, 0.6) is 5.75 Å². The second-order valence-corrected chi connectivity index (χ2v) is 6.29. The molecule has 0 saturated heterocycles. The fourth-order valence-corrected chi connectivity index (χ4v) is 2.89. The molecule has 0 aliphatic carbocycles. The topological polar surface area (TPSA) is 63.9 Å². The van der Waals surface area contributed by atoms with Crippen LogP contribution >= 0.6 is 11.3 Å². The van der Waals surface area contributed by atoms with E-state index in [9.17, 15) is 9.59 Å². The monoisotopic (exact) mass is 343 g/mol. The molecule has 0 fully saturated rings. The van der Waals surface area contributed by atoms with Gasteiger partial charge in [0.05, 0.1) is 6.54 Å². The highest BCUT2D eigenvalue weighted by Gasteiger charge is 2.17. The van der Waals surface area contributed by atoms with Crippen molar-refractivity contribution in [2.24, 2.45) is 0 Å². The van der Waals surface area contributed by atoms with Gasteiger partial charge in [0.1, 0.15) is 17.9 Å². The number of likely N-dealkylation sites (N-methyl/N-ethyl adjacent to an activating group) is 1. The van der Waals surface area contributed by atoms with Crippen LogP contribution in [0.1, 0.15) is 15.9 Å². The molecule has 0 aliphatic rings. The summed E-state index contributed by atoms with van der Waals surface area (Å²) in [6.07, 6.45) is 2.96. The first-order chi connectivity index (χ1) is 11.6. The molecule has 3 rings (SSSR count). The number of carbonyl (C=O) groups is 1. The Morgan fingerprint density at radius 3 is 2.83 bits per heavy atom. The summed E-state index contributed by atoms with van der Waals surface area (Å²) in [5.41, 5.74) is 0.868. The van der Waals surface area contributed by atoms with Crippen molar-refractivity contribution in [1.29, 1.82) is 0 Å². The number of ether oxygens (including phenoxy) is 1. The van der Waals surface area contributed by atoms with Gasteiger partial charge in [0.2, 0.25) is 0 Å². The first-order valence-corrected chi connectivity index (χ1v) is 8.34. The van der Waals surface area contributed by atoms with Crippen LogP contribution in [0.3, 0.4) is 0 Å². The molecule has 1 amide bonds. The zero-order valence-electron chi connectivity index (χ0n) is 13.4. The van der Waals surface area contributed by atoms with Gasteiger partial charge in [-0.15, -0.1) is 11.3 Å². The van der Waals surface area contributed by atoms with Crippen molar-refractivity contribution in [1.82, 2.24) is 14.3 Å². The third kappa shape index (κ3) is 3.30. The van der Waals surface area contributed by atoms with Gasteiger partial charge < -0.3 is 9.64 Å². The van der Waals surface area contributed by atoms with Crippen molar-refractivity contribution in [2.45, 2.75) is 6.92 Å². The van der Waals surface area contributed by atoms with Gasteiger partial charge in [-0.3, -0.25) is 14.0 Å². The number of nitrogens with zero attached hydrogens (tertiary/aromatic N) is 3. The van der Waals surface area contributed by atoms with Crippen LogP contribution in [-0.2, 0) is 0 Å². The van der Waals surface area contributed by atoms with Gasteiger partial charge in [0.15, 0.2) is 4.96 Å². The Balaban J connectivity index is 1.64. The van der Waals surface area contributed by atoms with E-state index in [-0.39, 0.29) is 17.0 Å². The van der Waals surface area contributed by atoms with Crippen LogP contribution < -0.4 is 10.3 Å². The average Bonchev–Trinajstić information content (AvgIpc) is 3.06. The molecule has 3 aromatic rings. The number of benzene rings is 1. The number of hydrogen-bond donors (Lipinski definition) is 0. The summed E-state index contributed by atoms with van der Waals surface area (Å²) in [6.45, 7) is 2.73. The third-order valence-corrected chi connectivity index (χ3v) is 4.41. The fraction of sp³-hybridized carbons (Fsp3) is 0.235. The summed E-state index contributed by atoms with van der Waals surface area (Å²) in [5, 5.41) is 1.76. The van der Waals surface area contributed by atoms with Crippen LogP contribution in [0.4, 0.5) is 0 Å². The molecule has 0 radical (unpaired) electrons. The highest BCUT2D eigenvalue weighted by molar-refractivity contribution is 7.15. The van der Waals surface area contributed by atoms with Crippen LogP contribution in [0.15, 0.2) is 46.8 Å². The Kier molecular flexibility index (Phi) is 4.61. The van der Waals surface area contributed by atoms with Gasteiger partial charge in [-0.25, -0.2) is 4.98 Å². The van der Waals surface area contributed by atoms with E-state index in [1.807, 2.05) is 31.2 Å². The maximum absolute atomic E-state index is 12.4. The van der Waals surface area contributed by atoms with E-state index in [2.05, 4.69) is 4.98 Å². The summed E-state index contributed by atoms with van der Waals surface area (Å²) in [7, 11) is 1.64. The molecule has 7 heteroatoms. The lowest BCUT2D eigenvalue weighted by atomic mass is 10.2. The molecule has 0 spiro atoms. The van der Waals surface area contributed by atoms with E-state index in [0.717, 1.165) is 11.3 Å². The second kappa shape index (κ2) is 6.84. The summed E-state index contributed by atoms with van der Waals surface area (Å²) in [4.78, 5) is 30.9. The lowest BCUT2D eigenvalue weighted by Crippen LogP contribution is -2.35. The molecule has 0 unspecified atom stereocenters. The molecule has 6 nitrogen and oxygen atoms in total. The van der Waals surface area contributed by atoms with Gasteiger partial charge in [-0.05, 0) is 19.1 Å². The maximum Gasteiger partial charge on any atom is 0.271 e. The van der Waals surface area contributed by atoms with Crippen molar-refractivity contribution < 1.29 is 9.53 Å². The van der Waals surface area contributed by atoms with Crippen LogP contribution in [0, 0.1) is 6.92 Å². The molecule has 0 saturated carbocycles. The van der Waals surface area contributed by atoms with E-state index < -0.39 is 0 Å². The SMILES string of the molecule is Cc1ccc(OCCN(C)C(=O)c2cnc3sccn3c2=O)cc1. The van der Waals surface area contributed by atoms with Crippen LogP contribution in [0.25, 0.3) is 4.96 Å². The highest BCUT2D eigenvalue weighted by atomic mass is 32.1. The lowest BCUT2D eigenvalue weighted by molar-refractivity contribution is 0.0771. The Morgan fingerprint density at radius 1 is 1.33 bits per heavy atom. The standard InChI is InChI=1S/C17H17N3O3S/c1-12-3-5-13(6-4-12)23-9-7-19(2)15(21)14-11-18-17-20(16(14)22)8-10-24-17/h3-6,8,10-11H,7,9H2,1-2H3. The number of thiazole rings is 1. The number of aromatic nitrogens is 2. The summed E-state index contributed by atoms with van der Waals surface area (Å²) in [6, 6.07) is 7.70. The normalized spacial score (nSPS) is 10.8. The Hall–Kier alpha value is -2.67. The van der Waals surface area contributed by atoms with E-state index >= 15 is 0 Å². The zero-order chi connectivity index (χ0) is 17.1. The molecule has 0 bridgehead atoms. The molecule has 1 aromatic carbocycles. The molecule has 2 aromatic heterocycles. The highest BCUT2D eigenvalue weighted by Crippen LogP contribution is 2.11. The first kappa shape index (κ1) is 16.2. The van der Waals surface area contributed by atoms with Crippen LogP contribution in [-0.4, -0.2) is 40.4 Å². The maximum atomic E-state index is 12.4. The molecule has 124 valence electrons. The van der Waals surface area contributed by atoms with Gasteiger partial charge in [-0.1, -0.05) is 17.7 Å². The van der Waals surface area contributed by atoms with Gasteiger partial charge in [0.25, 0.3) is 11.5 Å². The zero-order valence-corrected chi connectivity index (χ0v) is 14.2. The predicted molar refractivity (Wildman–Crippen MR) is 93.0 cm³/mol. The van der Waals surface area contributed by atoms with Gasteiger partial charge in [0, 0.05) is 24.8 Å². The van der Waals surface area contributed by atoms with Gasteiger partial charge in [-0.2, -0.15) is 0 Å². The summed E-state index contributed by atoms with van der Waals surface area (Å²) in [5.74, 6) is 0.392. The van der Waals surface area contributed by atoms with Gasteiger partial charge >= 0.3 is 0 Å². The lowest BCUT2D eigenvalue weighted by Gasteiger charge is -2.17. The second-order valence-electron chi connectivity index (χ2n) is 5.42. The first-order valence-electron chi connectivity index (χ1n) is 7.46. The molecular weight excluding hydrogens is 326 g/mol. The van der Waals surface area contributed by atoms with E-state index in [4.69, 9.17) is 4.74 Å². The largest absolute Gasteiger partial charge is 0.492 e. The molecule has 0 atom stereocenters. The number of aryl methyl sites for hydroxylation is 1. The number of amides is 1. The third-order valence-electron chi connectivity index (χ3n) is 3.64. The Morgan fingerprint density at radius 2 is 2.08 bits per heavy atom. The van der Waals surface area contributed by atoms with Crippen molar-refractivity contribution in [2.75, 3.05) is 20.2 Å². The minimum atomic E-state index is -0.361. The average molecular weight is 343 g/mol. The summed E-state index contributed by atoms with van der Waals surface area (Å²) < 4.78 is 7.00. The van der Waals surface area contributed by atoms with Crippen molar-refractivity contribution >= 4 is 22.2 Å². The number of fused-ring (bicyclic) bond motifs is 1. The quantitative estimate of drug-likeness (QED) is 0.712. The van der Waals surface area contributed by atoms with Crippen molar-refractivity contribution in [3.05, 3.63) is 63.5 Å². The number of hydrogen-bond acceptors (Lipinski definition) is 5. The summed E-state index contributed by atoms with van der Waals surface area (Å²) >= 11 is 1.35. The van der Waals surface area contributed by atoms with E-state index in [1.54, 1.807) is 18.6 Å². The predicted octanol–water partition coefficient (Wildman–Crippen LogP) is 2.22. The number of carbonyl (C=O) groups excluding carboxylic acids is 1. The van der Waals surface area contributed by atoms with E-state index in [1.165, 1.54) is 26.8 Å². The molecule has 0 aliphatic heterocycles.